The van der Waals surface area contributed by atoms with Crippen LogP contribution in [0, 0.1) is 5.92 Å². The van der Waals surface area contributed by atoms with Crippen LogP contribution in [0.1, 0.15) is 38.5 Å². The molecule has 1 aliphatic carbocycles. The van der Waals surface area contributed by atoms with Gasteiger partial charge >= 0.3 is 0 Å². The molecule has 1 unspecified atom stereocenters. The van der Waals surface area contributed by atoms with Crippen LogP contribution in [-0.2, 0) is 9.59 Å². The number of amides is 2. The van der Waals surface area contributed by atoms with Crippen molar-refractivity contribution in [3.63, 3.8) is 0 Å². The van der Waals surface area contributed by atoms with Gasteiger partial charge in [-0.1, -0.05) is 12.8 Å². The van der Waals surface area contributed by atoms with E-state index < -0.39 is 0 Å². The summed E-state index contributed by atoms with van der Waals surface area (Å²) in [6.45, 7) is 1.63. The van der Waals surface area contributed by atoms with Crippen molar-refractivity contribution in [1.82, 2.24) is 15.1 Å². The maximum atomic E-state index is 12.8. The van der Waals surface area contributed by atoms with Crippen molar-refractivity contribution in [1.29, 1.82) is 0 Å². The predicted octanol–water partition coefficient (Wildman–Crippen LogP) is 1.71. The van der Waals surface area contributed by atoms with Crippen LogP contribution in [0.3, 0.4) is 0 Å². The van der Waals surface area contributed by atoms with E-state index in [2.05, 4.69) is 5.32 Å². The molecule has 3 rings (SSSR count). The van der Waals surface area contributed by atoms with E-state index in [9.17, 15) is 9.59 Å². The van der Waals surface area contributed by atoms with Gasteiger partial charge in [-0.2, -0.15) is 0 Å². The van der Waals surface area contributed by atoms with Crippen molar-refractivity contribution >= 4 is 36.0 Å². The third-order valence-corrected chi connectivity index (χ3v) is 6.38. The standard InChI is InChI=1S/C16H27N3O2S.ClH/c1-17-13-6-8-18(9-7-13)16(21)14-10-22-11-19(14)15(20)12-4-2-3-5-12;/h12-14,17H,2-11H2,1H3;1H. The second kappa shape index (κ2) is 8.58. The highest BCUT2D eigenvalue weighted by Gasteiger charge is 2.40. The maximum Gasteiger partial charge on any atom is 0.246 e. The van der Waals surface area contributed by atoms with E-state index in [1.165, 1.54) is 0 Å². The highest BCUT2D eigenvalue weighted by atomic mass is 35.5. The number of thioether (sulfide) groups is 1. The SMILES string of the molecule is CNC1CCN(C(=O)C2CSCN2C(=O)C2CCCC2)CC1.Cl. The summed E-state index contributed by atoms with van der Waals surface area (Å²) in [6.07, 6.45) is 6.36. The molecule has 2 saturated heterocycles. The van der Waals surface area contributed by atoms with Gasteiger partial charge in [-0.25, -0.2) is 0 Å². The zero-order chi connectivity index (χ0) is 15.5. The highest BCUT2D eigenvalue weighted by Crippen LogP contribution is 2.31. The minimum absolute atomic E-state index is 0. The van der Waals surface area contributed by atoms with Gasteiger partial charge in [0, 0.05) is 30.8 Å². The quantitative estimate of drug-likeness (QED) is 0.831. The Balaban J connectivity index is 0.00000192. The number of rotatable bonds is 3. The number of likely N-dealkylation sites (tertiary alicyclic amines) is 1. The van der Waals surface area contributed by atoms with Gasteiger partial charge in [0.05, 0.1) is 5.88 Å². The van der Waals surface area contributed by atoms with Crippen molar-refractivity contribution in [2.45, 2.75) is 50.6 Å². The van der Waals surface area contributed by atoms with E-state index in [4.69, 9.17) is 0 Å². The van der Waals surface area contributed by atoms with Gasteiger partial charge in [0.2, 0.25) is 11.8 Å². The van der Waals surface area contributed by atoms with Crippen LogP contribution in [0.4, 0.5) is 0 Å². The lowest BCUT2D eigenvalue weighted by Gasteiger charge is -2.35. The first-order valence-electron chi connectivity index (χ1n) is 8.55. The zero-order valence-corrected chi connectivity index (χ0v) is 15.5. The second-order valence-corrected chi connectivity index (χ2v) is 7.69. The van der Waals surface area contributed by atoms with E-state index >= 15 is 0 Å². The average Bonchev–Trinajstić information content (AvgIpc) is 3.25. The van der Waals surface area contributed by atoms with Gasteiger partial charge in [0.15, 0.2) is 0 Å². The van der Waals surface area contributed by atoms with Crippen molar-refractivity contribution in [3.05, 3.63) is 0 Å². The van der Waals surface area contributed by atoms with Gasteiger partial charge < -0.3 is 15.1 Å². The molecule has 2 heterocycles. The number of carbonyl (C=O) groups excluding carboxylic acids is 2. The summed E-state index contributed by atoms with van der Waals surface area (Å²) in [5.74, 6) is 2.03. The fraction of sp³-hybridized carbons (Fsp3) is 0.875. The number of nitrogens with zero attached hydrogens (tertiary/aromatic N) is 2. The van der Waals surface area contributed by atoms with Crippen LogP contribution in [0.15, 0.2) is 0 Å². The third kappa shape index (κ3) is 4.15. The molecular weight excluding hydrogens is 334 g/mol. The van der Waals surface area contributed by atoms with Crippen LogP contribution in [0.5, 0.6) is 0 Å². The smallest absolute Gasteiger partial charge is 0.246 e. The van der Waals surface area contributed by atoms with Gasteiger partial charge in [-0.15, -0.1) is 24.2 Å². The van der Waals surface area contributed by atoms with Crippen LogP contribution in [0.25, 0.3) is 0 Å². The first-order valence-corrected chi connectivity index (χ1v) is 9.70. The van der Waals surface area contributed by atoms with E-state index in [-0.39, 0.29) is 36.2 Å². The maximum absolute atomic E-state index is 12.8. The van der Waals surface area contributed by atoms with Crippen LogP contribution < -0.4 is 5.32 Å². The molecule has 1 saturated carbocycles. The molecule has 23 heavy (non-hydrogen) atoms. The first kappa shape index (κ1) is 18.9. The Bertz CT molecular complexity index is 424. The Kier molecular flexibility index (Phi) is 7.04. The fourth-order valence-electron chi connectivity index (χ4n) is 3.87. The topological polar surface area (TPSA) is 52.7 Å². The van der Waals surface area contributed by atoms with Gasteiger partial charge in [0.25, 0.3) is 0 Å². The summed E-state index contributed by atoms with van der Waals surface area (Å²) in [5.41, 5.74) is 0. The normalized spacial score (nSPS) is 26.4. The molecular formula is C16H28ClN3O2S. The van der Waals surface area contributed by atoms with Crippen molar-refractivity contribution < 1.29 is 9.59 Å². The lowest BCUT2D eigenvalue weighted by Crippen LogP contribution is -2.53. The van der Waals surface area contributed by atoms with E-state index in [1.54, 1.807) is 11.8 Å². The molecule has 1 atom stereocenters. The molecule has 132 valence electrons. The molecule has 3 aliphatic rings. The van der Waals surface area contributed by atoms with E-state index in [0.29, 0.717) is 11.9 Å². The summed E-state index contributed by atoms with van der Waals surface area (Å²) >= 11 is 1.72. The Labute approximate surface area is 149 Å². The second-order valence-electron chi connectivity index (χ2n) is 6.69. The number of hydrogen-bond acceptors (Lipinski definition) is 4. The largest absolute Gasteiger partial charge is 0.341 e. The Morgan fingerprint density at radius 2 is 1.70 bits per heavy atom. The van der Waals surface area contributed by atoms with Crippen molar-refractivity contribution in [3.8, 4) is 0 Å². The lowest BCUT2D eigenvalue weighted by molar-refractivity contribution is -0.146. The molecule has 3 fully saturated rings. The number of nitrogens with one attached hydrogen (secondary N) is 1. The molecule has 0 bridgehead atoms. The minimum Gasteiger partial charge on any atom is -0.341 e. The molecule has 2 aliphatic heterocycles. The number of halogens is 1. The molecule has 0 spiro atoms. The summed E-state index contributed by atoms with van der Waals surface area (Å²) in [7, 11) is 1.98. The lowest BCUT2D eigenvalue weighted by atomic mass is 10.0. The van der Waals surface area contributed by atoms with E-state index in [1.807, 2.05) is 16.8 Å². The summed E-state index contributed by atoms with van der Waals surface area (Å²) in [6, 6.07) is 0.308. The Hall–Kier alpha value is -0.460. The number of piperidine rings is 1. The van der Waals surface area contributed by atoms with Gasteiger partial charge in [0.1, 0.15) is 6.04 Å². The van der Waals surface area contributed by atoms with Crippen LogP contribution in [0.2, 0.25) is 0 Å². The number of hydrogen-bond donors (Lipinski definition) is 1. The monoisotopic (exact) mass is 361 g/mol. The Morgan fingerprint density at radius 3 is 2.30 bits per heavy atom. The molecule has 0 radical (unpaired) electrons. The summed E-state index contributed by atoms with van der Waals surface area (Å²) < 4.78 is 0. The third-order valence-electron chi connectivity index (χ3n) is 5.37. The molecule has 0 aromatic carbocycles. The van der Waals surface area contributed by atoms with Crippen molar-refractivity contribution in [2.75, 3.05) is 31.8 Å². The Morgan fingerprint density at radius 1 is 1.04 bits per heavy atom. The van der Waals surface area contributed by atoms with Crippen LogP contribution in [-0.4, -0.2) is 65.5 Å². The first-order chi connectivity index (χ1) is 10.7. The zero-order valence-electron chi connectivity index (χ0n) is 13.8. The van der Waals surface area contributed by atoms with E-state index in [0.717, 1.165) is 57.4 Å². The predicted molar refractivity (Wildman–Crippen MR) is 95.8 cm³/mol. The highest BCUT2D eigenvalue weighted by molar-refractivity contribution is 7.99. The fourth-order valence-corrected chi connectivity index (χ4v) is 5.03. The molecule has 7 heteroatoms. The summed E-state index contributed by atoms with van der Waals surface area (Å²) in [5, 5.41) is 3.29. The summed E-state index contributed by atoms with van der Waals surface area (Å²) in [4.78, 5) is 29.3. The molecule has 2 amide bonds. The molecule has 1 N–H and O–H groups in total. The van der Waals surface area contributed by atoms with Gasteiger partial charge in [-0.05, 0) is 32.7 Å². The molecule has 0 aromatic rings. The number of carbonyl (C=O) groups is 2. The average molecular weight is 362 g/mol. The van der Waals surface area contributed by atoms with Crippen LogP contribution >= 0.6 is 24.2 Å². The van der Waals surface area contributed by atoms with Gasteiger partial charge in [-0.3, -0.25) is 9.59 Å². The molecule has 0 aromatic heterocycles. The molecule has 5 nitrogen and oxygen atoms in total. The van der Waals surface area contributed by atoms with Crippen molar-refractivity contribution in [2.24, 2.45) is 5.92 Å². The minimum atomic E-state index is -0.218.